The summed E-state index contributed by atoms with van der Waals surface area (Å²) in [6.07, 6.45) is 0.600. The van der Waals surface area contributed by atoms with E-state index in [1.54, 1.807) is 30.3 Å². The number of carbonyl (C=O) groups is 1. The Morgan fingerprint density at radius 1 is 1.56 bits per heavy atom. The number of para-hydroxylation sites is 2. The number of hydrogen-bond acceptors (Lipinski definition) is 5. The molecule has 0 amide bonds. The smallest absolute Gasteiger partial charge is 0.220 e. The molecule has 78 valence electrons. The molecule has 0 saturated carbocycles. The molecule has 5 nitrogen and oxygen atoms in total. The van der Waals surface area contributed by atoms with Crippen LogP contribution in [-0.2, 0) is 4.79 Å². The lowest BCUT2D eigenvalue weighted by molar-refractivity contribution is -0.113. The third kappa shape index (κ3) is 1.57. The van der Waals surface area contributed by atoms with Crippen molar-refractivity contribution in [2.45, 2.75) is 5.92 Å². The van der Waals surface area contributed by atoms with Crippen LogP contribution in [0.3, 0.4) is 0 Å². The molecule has 1 unspecified atom stereocenters. The summed E-state index contributed by atoms with van der Waals surface area (Å²) in [7, 11) is 0. The summed E-state index contributed by atoms with van der Waals surface area (Å²) in [5.41, 5.74) is 1.12. The second-order valence-corrected chi connectivity index (χ2v) is 3.13. The van der Waals surface area contributed by atoms with Gasteiger partial charge < -0.3 is 9.83 Å². The number of nitrogens with zero attached hydrogens (tertiary/aromatic N) is 2. The fourth-order valence-electron chi connectivity index (χ4n) is 1.34. The molecule has 0 aliphatic carbocycles. The predicted molar refractivity (Wildman–Crippen MR) is 56.2 cm³/mol. The zero-order valence-electron chi connectivity index (χ0n) is 8.18. The highest BCUT2D eigenvalue weighted by atomic mass is 16.3. The van der Waals surface area contributed by atoms with Gasteiger partial charge in [0, 0.05) is 0 Å². The Hall–Kier alpha value is -2.48. The van der Waals surface area contributed by atoms with E-state index in [0.717, 1.165) is 0 Å². The zero-order chi connectivity index (χ0) is 11.5. The Balaban J connectivity index is 2.50. The molecule has 0 saturated heterocycles. The van der Waals surface area contributed by atoms with Gasteiger partial charge in [0.05, 0.1) is 12.3 Å². The average Bonchev–Trinajstić information content (AvgIpc) is 2.72. The fourth-order valence-corrected chi connectivity index (χ4v) is 1.34. The maximum atomic E-state index is 11.3. The van der Waals surface area contributed by atoms with Gasteiger partial charge in [-0.1, -0.05) is 12.1 Å². The fraction of sp³-hybridized carbons (Fsp3) is 0.0909. The van der Waals surface area contributed by atoms with Crippen LogP contribution in [-0.4, -0.2) is 17.0 Å². The molecule has 1 aromatic carbocycles. The standard InChI is InChI=1S/C11H7N3O2/c12-5-7(9(15)6-13)11-14-8-3-1-2-4-10(8)16-11/h1-4,6-7,13H. The van der Waals surface area contributed by atoms with Gasteiger partial charge in [-0.25, -0.2) is 4.98 Å². The van der Waals surface area contributed by atoms with E-state index in [0.29, 0.717) is 17.3 Å². The monoisotopic (exact) mass is 213 g/mol. The van der Waals surface area contributed by atoms with Gasteiger partial charge in [-0.15, -0.1) is 0 Å². The Morgan fingerprint density at radius 2 is 2.31 bits per heavy atom. The molecule has 0 spiro atoms. The first-order valence-electron chi connectivity index (χ1n) is 4.55. The number of oxazole rings is 1. The number of ketones is 1. The number of nitriles is 1. The molecule has 0 aliphatic heterocycles. The topological polar surface area (TPSA) is 90.7 Å². The number of hydrogen-bond donors (Lipinski definition) is 1. The summed E-state index contributed by atoms with van der Waals surface area (Å²) in [6.45, 7) is 0. The number of fused-ring (bicyclic) bond motifs is 1. The Labute approximate surface area is 90.8 Å². The van der Waals surface area contributed by atoms with Crippen LogP contribution in [0.4, 0.5) is 0 Å². The van der Waals surface area contributed by atoms with Gasteiger partial charge in [-0.2, -0.15) is 5.26 Å². The predicted octanol–water partition coefficient (Wildman–Crippen LogP) is 1.65. The normalized spacial score (nSPS) is 11.9. The number of carbonyl (C=O) groups excluding carboxylic acids is 1. The molecule has 0 radical (unpaired) electrons. The SMILES string of the molecule is N#CC(C(=O)C=N)c1nc2ccccc2o1. The van der Waals surface area contributed by atoms with Crippen molar-refractivity contribution in [2.24, 2.45) is 0 Å². The molecule has 2 aromatic rings. The second kappa shape index (κ2) is 3.95. The minimum atomic E-state index is -1.13. The minimum Gasteiger partial charge on any atom is -0.439 e. The van der Waals surface area contributed by atoms with Crippen molar-refractivity contribution in [1.82, 2.24) is 4.98 Å². The third-order valence-electron chi connectivity index (χ3n) is 2.11. The molecule has 0 aliphatic rings. The summed E-state index contributed by atoms with van der Waals surface area (Å²) >= 11 is 0. The number of aromatic nitrogens is 1. The van der Waals surface area contributed by atoms with Gasteiger partial charge in [0.2, 0.25) is 5.89 Å². The van der Waals surface area contributed by atoms with Crippen LogP contribution in [0.15, 0.2) is 28.7 Å². The lowest BCUT2D eigenvalue weighted by Gasteiger charge is -1.96. The molecule has 5 heteroatoms. The maximum Gasteiger partial charge on any atom is 0.220 e. The Morgan fingerprint density at radius 3 is 2.94 bits per heavy atom. The Kier molecular flexibility index (Phi) is 2.48. The van der Waals surface area contributed by atoms with Crippen LogP contribution in [0.1, 0.15) is 11.8 Å². The lowest BCUT2D eigenvalue weighted by Crippen LogP contribution is -2.11. The van der Waals surface area contributed by atoms with E-state index >= 15 is 0 Å². The van der Waals surface area contributed by atoms with Crippen LogP contribution in [0.2, 0.25) is 0 Å². The van der Waals surface area contributed by atoms with Crippen molar-refractivity contribution in [2.75, 3.05) is 0 Å². The van der Waals surface area contributed by atoms with Crippen molar-refractivity contribution in [3.8, 4) is 6.07 Å². The highest BCUT2D eigenvalue weighted by Gasteiger charge is 2.23. The first kappa shape index (κ1) is 10.1. The summed E-state index contributed by atoms with van der Waals surface area (Å²) in [6, 6.07) is 8.77. The minimum absolute atomic E-state index is 0.0391. The van der Waals surface area contributed by atoms with Crippen molar-refractivity contribution >= 4 is 23.1 Å². The number of Topliss-reactive ketones (excluding diaryl/α,β-unsaturated/α-hetero) is 1. The second-order valence-electron chi connectivity index (χ2n) is 3.13. The van der Waals surface area contributed by atoms with Gasteiger partial charge in [-0.3, -0.25) is 4.79 Å². The van der Waals surface area contributed by atoms with E-state index in [2.05, 4.69) is 4.98 Å². The van der Waals surface area contributed by atoms with E-state index in [9.17, 15) is 4.79 Å². The van der Waals surface area contributed by atoms with Crippen LogP contribution in [0.5, 0.6) is 0 Å². The van der Waals surface area contributed by atoms with Crippen molar-refractivity contribution < 1.29 is 9.21 Å². The van der Waals surface area contributed by atoms with E-state index in [1.165, 1.54) is 0 Å². The van der Waals surface area contributed by atoms with E-state index < -0.39 is 11.7 Å². The number of rotatable bonds is 3. The van der Waals surface area contributed by atoms with Crippen molar-refractivity contribution in [3.63, 3.8) is 0 Å². The van der Waals surface area contributed by atoms with Crippen LogP contribution in [0.25, 0.3) is 11.1 Å². The molecule has 1 aromatic heterocycles. The van der Waals surface area contributed by atoms with Crippen molar-refractivity contribution in [3.05, 3.63) is 30.2 Å². The highest BCUT2D eigenvalue weighted by molar-refractivity contribution is 6.29. The Bertz CT molecular complexity index is 562. The quantitative estimate of drug-likeness (QED) is 0.785. The first-order chi connectivity index (χ1) is 7.76. The van der Waals surface area contributed by atoms with Gasteiger partial charge in [-0.05, 0) is 12.1 Å². The zero-order valence-corrected chi connectivity index (χ0v) is 8.18. The average molecular weight is 213 g/mol. The molecule has 1 N–H and O–H groups in total. The lowest BCUT2D eigenvalue weighted by atomic mass is 10.1. The van der Waals surface area contributed by atoms with Crippen LogP contribution < -0.4 is 0 Å². The van der Waals surface area contributed by atoms with Crippen LogP contribution in [0, 0.1) is 16.7 Å². The maximum absolute atomic E-state index is 11.3. The molecule has 2 rings (SSSR count). The summed E-state index contributed by atoms with van der Waals surface area (Å²) in [4.78, 5) is 15.3. The summed E-state index contributed by atoms with van der Waals surface area (Å²) in [5.74, 6) is -1.73. The van der Waals surface area contributed by atoms with Crippen LogP contribution >= 0.6 is 0 Å². The van der Waals surface area contributed by atoms with Gasteiger partial charge >= 0.3 is 0 Å². The number of benzene rings is 1. The molecule has 0 bridgehead atoms. The molecular weight excluding hydrogens is 206 g/mol. The summed E-state index contributed by atoms with van der Waals surface area (Å²) < 4.78 is 5.29. The summed E-state index contributed by atoms with van der Waals surface area (Å²) in [5, 5.41) is 15.7. The molecule has 0 fully saturated rings. The number of nitrogens with one attached hydrogen (secondary N) is 1. The third-order valence-corrected chi connectivity index (χ3v) is 2.11. The van der Waals surface area contributed by atoms with Gasteiger partial charge in [0.1, 0.15) is 5.52 Å². The van der Waals surface area contributed by atoms with E-state index in [1.807, 2.05) is 0 Å². The van der Waals surface area contributed by atoms with E-state index in [4.69, 9.17) is 15.1 Å². The van der Waals surface area contributed by atoms with Gasteiger partial charge in [0.15, 0.2) is 17.3 Å². The van der Waals surface area contributed by atoms with Gasteiger partial charge in [0.25, 0.3) is 0 Å². The first-order valence-corrected chi connectivity index (χ1v) is 4.55. The van der Waals surface area contributed by atoms with Crippen molar-refractivity contribution in [1.29, 1.82) is 10.7 Å². The molecular formula is C11H7N3O2. The highest BCUT2D eigenvalue weighted by Crippen LogP contribution is 2.21. The molecule has 16 heavy (non-hydrogen) atoms. The molecule has 1 heterocycles. The van der Waals surface area contributed by atoms with E-state index in [-0.39, 0.29) is 5.89 Å². The molecule has 1 atom stereocenters. The largest absolute Gasteiger partial charge is 0.439 e.